The van der Waals surface area contributed by atoms with Crippen molar-refractivity contribution in [2.24, 2.45) is 0 Å². The third-order valence-electron chi connectivity index (χ3n) is 5.11. The number of hydrogen-bond donors (Lipinski definition) is 3. The Hall–Kier alpha value is -4.14. The van der Waals surface area contributed by atoms with Gasteiger partial charge in [-0.25, -0.2) is 9.67 Å². The number of furan rings is 1. The minimum Gasteiger partial charge on any atom is -0.508 e. The average Bonchev–Trinajstić information content (AvgIpc) is 3.48. The Morgan fingerprint density at radius 2 is 1.88 bits per heavy atom. The number of rotatable bonds is 8. The van der Waals surface area contributed by atoms with E-state index in [4.69, 9.17) is 4.42 Å². The Balaban J connectivity index is 1.43. The summed E-state index contributed by atoms with van der Waals surface area (Å²) in [6.07, 6.45) is 3.76. The minimum atomic E-state index is -0.280. The highest BCUT2D eigenvalue weighted by molar-refractivity contribution is 6.06. The zero-order valence-electron chi connectivity index (χ0n) is 18.4. The lowest BCUT2D eigenvalue weighted by Gasteiger charge is -2.10. The number of nitrogens with one attached hydrogen (secondary N) is 2. The maximum absolute atomic E-state index is 13.0. The van der Waals surface area contributed by atoms with Gasteiger partial charge >= 0.3 is 0 Å². The van der Waals surface area contributed by atoms with Crippen LogP contribution in [0, 0.1) is 0 Å². The van der Waals surface area contributed by atoms with Crippen molar-refractivity contribution in [2.75, 3.05) is 13.1 Å². The summed E-state index contributed by atoms with van der Waals surface area (Å²) in [4.78, 5) is 29.8. The molecule has 0 bridgehead atoms. The van der Waals surface area contributed by atoms with Crippen LogP contribution in [0.25, 0.3) is 22.5 Å². The van der Waals surface area contributed by atoms with Crippen molar-refractivity contribution in [3.8, 4) is 17.2 Å². The highest BCUT2D eigenvalue weighted by Crippen LogP contribution is 2.26. The molecule has 1 aromatic carbocycles. The third-order valence-corrected chi connectivity index (χ3v) is 5.11. The predicted molar refractivity (Wildman–Crippen MR) is 123 cm³/mol. The first-order valence-corrected chi connectivity index (χ1v) is 10.7. The van der Waals surface area contributed by atoms with Crippen LogP contribution < -0.4 is 10.6 Å². The second kappa shape index (κ2) is 9.56. The number of pyridine rings is 1. The van der Waals surface area contributed by atoms with E-state index in [2.05, 4.69) is 20.7 Å². The molecule has 0 radical (unpaired) electrons. The maximum Gasteiger partial charge on any atom is 0.252 e. The van der Waals surface area contributed by atoms with E-state index in [0.29, 0.717) is 53.1 Å². The molecule has 0 spiro atoms. The molecule has 0 aliphatic carbocycles. The fourth-order valence-corrected chi connectivity index (χ4v) is 3.47. The highest BCUT2D eigenvalue weighted by atomic mass is 16.3. The Morgan fingerprint density at radius 3 is 2.58 bits per heavy atom. The number of phenols is 1. The largest absolute Gasteiger partial charge is 0.508 e. The standard InChI is InChI=1S/C24H25N5O4/c1-15(2)29-22-19(14-27-29)18(13-20(28-22)21-8-4-11-33-21)24(32)26-10-5-9-25-23(31)16-6-3-7-17(30)12-16/h3-4,6-8,11-15,30H,5,9-10H2,1-2H3,(H,25,31)(H,26,32). The molecule has 170 valence electrons. The van der Waals surface area contributed by atoms with Crippen molar-refractivity contribution in [3.05, 3.63) is 66.1 Å². The van der Waals surface area contributed by atoms with Crippen molar-refractivity contribution >= 4 is 22.8 Å². The molecule has 33 heavy (non-hydrogen) atoms. The SMILES string of the molecule is CC(C)n1ncc2c(C(=O)NCCCNC(=O)c3cccc(O)c3)cc(-c3ccco3)nc21. The van der Waals surface area contributed by atoms with Crippen molar-refractivity contribution in [2.45, 2.75) is 26.3 Å². The maximum atomic E-state index is 13.0. The fraction of sp³-hybridized carbons (Fsp3) is 0.250. The van der Waals surface area contributed by atoms with Gasteiger partial charge in [0.2, 0.25) is 0 Å². The van der Waals surface area contributed by atoms with E-state index in [1.807, 2.05) is 13.8 Å². The quantitative estimate of drug-likeness (QED) is 0.355. The number of aromatic nitrogens is 3. The first kappa shape index (κ1) is 22.1. The molecule has 3 heterocycles. The topological polar surface area (TPSA) is 122 Å². The average molecular weight is 447 g/mol. The van der Waals surface area contributed by atoms with Crippen molar-refractivity contribution in [1.82, 2.24) is 25.4 Å². The number of aromatic hydroxyl groups is 1. The van der Waals surface area contributed by atoms with E-state index in [0.717, 1.165) is 0 Å². The molecule has 9 nitrogen and oxygen atoms in total. The van der Waals surface area contributed by atoms with Crippen LogP contribution in [0.1, 0.15) is 47.0 Å². The Bertz CT molecular complexity index is 1280. The van der Waals surface area contributed by atoms with E-state index in [9.17, 15) is 14.7 Å². The highest BCUT2D eigenvalue weighted by Gasteiger charge is 2.19. The van der Waals surface area contributed by atoms with E-state index in [1.165, 1.54) is 12.1 Å². The van der Waals surface area contributed by atoms with Gasteiger partial charge in [0.1, 0.15) is 11.4 Å². The smallest absolute Gasteiger partial charge is 0.252 e. The molecular formula is C24H25N5O4. The van der Waals surface area contributed by atoms with Crippen LogP contribution in [0.4, 0.5) is 0 Å². The van der Waals surface area contributed by atoms with Crippen LogP contribution >= 0.6 is 0 Å². The van der Waals surface area contributed by atoms with E-state index >= 15 is 0 Å². The molecule has 0 unspecified atom stereocenters. The summed E-state index contributed by atoms with van der Waals surface area (Å²) in [5.41, 5.74) is 2.01. The number of hydrogen-bond acceptors (Lipinski definition) is 6. The number of fused-ring (bicyclic) bond motifs is 1. The van der Waals surface area contributed by atoms with Crippen molar-refractivity contribution in [1.29, 1.82) is 0 Å². The summed E-state index contributed by atoms with van der Waals surface area (Å²) in [5.74, 6) is 0.0699. The van der Waals surface area contributed by atoms with Crippen LogP contribution in [0.15, 0.2) is 59.3 Å². The first-order valence-electron chi connectivity index (χ1n) is 10.7. The van der Waals surface area contributed by atoms with Crippen LogP contribution in [-0.2, 0) is 0 Å². The number of amides is 2. The second-order valence-corrected chi connectivity index (χ2v) is 7.87. The molecule has 0 fully saturated rings. The normalized spacial score (nSPS) is 11.1. The zero-order chi connectivity index (χ0) is 23.4. The van der Waals surface area contributed by atoms with Gasteiger partial charge in [-0.3, -0.25) is 9.59 Å². The number of carbonyl (C=O) groups excluding carboxylic acids is 2. The van der Waals surface area contributed by atoms with Gasteiger partial charge < -0.3 is 20.2 Å². The Morgan fingerprint density at radius 1 is 1.09 bits per heavy atom. The third kappa shape index (κ3) is 4.87. The molecule has 4 rings (SSSR count). The molecule has 0 atom stereocenters. The predicted octanol–water partition coefficient (Wildman–Crippen LogP) is 3.53. The van der Waals surface area contributed by atoms with Gasteiger partial charge in [0.25, 0.3) is 11.8 Å². The van der Waals surface area contributed by atoms with Gasteiger partial charge in [0.05, 0.1) is 23.4 Å². The van der Waals surface area contributed by atoms with E-state index < -0.39 is 0 Å². The number of nitrogens with zero attached hydrogens (tertiary/aromatic N) is 3. The number of phenolic OH excluding ortho intramolecular Hbond substituents is 1. The molecule has 0 aliphatic rings. The van der Waals surface area contributed by atoms with Crippen LogP contribution in [0.2, 0.25) is 0 Å². The van der Waals surface area contributed by atoms with Gasteiger partial charge in [0.15, 0.2) is 11.4 Å². The van der Waals surface area contributed by atoms with Gasteiger partial charge in [-0.15, -0.1) is 0 Å². The lowest BCUT2D eigenvalue weighted by Crippen LogP contribution is -2.30. The fourth-order valence-electron chi connectivity index (χ4n) is 3.47. The molecule has 2 amide bonds. The second-order valence-electron chi connectivity index (χ2n) is 7.87. The van der Waals surface area contributed by atoms with Gasteiger partial charge in [0, 0.05) is 24.7 Å². The molecule has 9 heteroatoms. The lowest BCUT2D eigenvalue weighted by atomic mass is 10.1. The Labute approximate surface area is 190 Å². The molecule has 3 N–H and O–H groups in total. The summed E-state index contributed by atoms with van der Waals surface area (Å²) in [6.45, 7) is 4.75. The summed E-state index contributed by atoms with van der Waals surface area (Å²) in [7, 11) is 0. The van der Waals surface area contributed by atoms with E-state index in [1.54, 1.807) is 47.5 Å². The van der Waals surface area contributed by atoms with Crippen molar-refractivity contribution < 1.29 is 19.1 Å². The number of carbonyl (C=O) groups is 2. The van der Waals surface area contributed by atoms with Crippen molar-refractivity contribution in [3.63, 3.8) is 0 Å². The van der Waals surface area contributed by atoms with Gasteiger partial charge in [-0.1, -0.05) is 6.07 Å². The zero-order valence-corrected chi connectivity index (χ0v) is 18.4. The summed E-state index contributed by atoms with van der Waals surface area (Å²) in [5, 5.41) is 20.2. The molecule has 0 saturated heterocycles. The van der Waals surface area contributed by atoms with Crippen LogP contribution in [0.3, 0.4) is 0 Å². The summed E-state index contributed by atoms with van der Waals surface area (Å²) in [6, 6.07) is 11.5. The molecule has 0 aliphatic heterocycles. The molecule has 4 aromatic rings. The van der Waals surface area contributed by atoms with Crippen LogP contribution in [-0.4, -0.2) is 44.8 Å². The van der Waals surface area contributed by atoms with Gasteiger partial charge in [-0.2, -0.15) is 5.10 Å². The van der Waals surface area contributed by atoms with Crippen LogP contribution in [0.5, 0.6) is 5.75 Å². The first-order chi connectivity index (χ1) is 15.9. The number of benzene rings is 1. The lowest BCUT2D eigenvalue weighted by molar-refractivity contribution is 0.0952. The Kier molecular flexibility index (Phi) is 6.39. The van der Waals surface area contributed by atoms with Gasteiger partial charge in [-0.05, 0) is 56.7 Å². The molecular weight excluding hydrogens is 422 g/mol. The van der Waals surface area contributed by atoms with E-state index in [-0.39, 0.29) is 23.6 Å². The monoisotopic (exact) mass is 447 g/mol. The minimum absolute atomic E-state index is 0.0354. The molecule has 3 aromatic heterocycles. The molecule has 0 saturated carbocycles. The summed E-state index contributed by atoms with van der Waals surface area (Å²) >= 11 is 0. The summed E-state index contributed by atoms with van der Waals surface area (Å²) < 4.78 is 7.25.